The third-order valence-electron chi connectivity index (χ3n) is 3.98. The first kappa shape index (κ1) is 15.2. The Hall–Kier alpha value is -0.830. The summed E-state index contributed by atoms with van der Waals surface area (Å²) in [6, 6.07) is 0.566. The van der Waals surface area contributed by atoms with Crippen molar-refractivity contribution >= 4 is 0 Å². The number of nitrogens with zero attached hydrogens (tertiary/aromatic N) is 2. The zero-order valence-electron chi connectivity index (χ0n) is 12.9. The third-order valence-corrected chi connectivity index (χ3v) is 3.98. The lowest BCUT2D eigenvalue weighted by molar-refractivity contribution is 0.357. The van der Waals surface area contributed by atoms with Crippen LogP contribution >= 0.6 is 0 Å². The number of rotatable bonds is 7. The molecule has 2 atom stereocenters. The van der Waals surface area contributed by atoms with E-state index in [1.807, 2.05) is 11.7 Å². The highest BCUT2D eigenvalue weighted by atomic mass is 15.3. The lowest BCUT2D eigenvalue weighted by atomic mass is 9.91. The molecule has 0 saturated heterocycles. The summed E-state index contributed by atoms with van der Waals surface area (Å²) in [6.45, 7) is 12.1. The molecule has 1 heterocycles. The number of hydrogen-bond donors (Lipinski definition) is 1. The molecule has 0 aliphatic rings. The summed E-state index contributed by atoms with van der Waals surface area (Å²) >= 11 is 0. The highest BCUT2D eigenvalue weighted by molar-refractivity contribution is 5.25. The fourth-order valence-electron chi connectivity index (χ4n) is 2.73. The average molecular weight is 251 g/mol. The van der Waals surface area contributed by atoms with Gasteiger partial charge in [-0.25, -0.2) is 0 Å². The summed E-state index contributed by atoms with van der Waals surface area (Å²) in [5, 5.41) is 8.16. The summed E-state index contributed by atoms with van der Waals surface area (Å²) in [6.07, 6.45) is 3.64. The van der Waals surface area contributed by atoms with E-state index in [1.54, 1.807) is 0 Å². The molecular weight excluding hydrogens is 222 g/mol. The highest BCUT2D eigenvalue weighted by Crippen LogP contribution is 2.19. The van der Waals surface area contributed by atoms with E-state index >= 15 is 0 Å². The van der Waals surface area contributed by atoms with Crippen LogP contribution in [0.1, 0.15) is 50.6 Å². The number of aryl methyl sites for hydroxylation is 2. The Balaban J connectivity index is 2.82. The molecule has 3 heteroatoms. The Morgan fingerprint density at radius 1 is 1.28 bits per heavy atom. The highest BCUT2D eigenvalue weighted by Gasteiger charge is 2.19. The first-order valence-electron chi connectivity index (χ1n) is 7.23. The maximum absolute atomic E-state index is 4.52. The smallest absolute Gasteiger partial charge is 0.0628 e. The van der Waals surface area contributed by atoms with Gasteiger partial charge in [0.2, 0.25) is 0 Å². The fourth-order valence-corrected chi connectivity index (χ4v) is 2.73. The summed E-state index contributed by atoms with van der Waals surface area (Å²) in [7, 11) is 2.03. The summed E-state index contributed by atoms with van der Waals surface area (Å²) < 4.78 is 2.00. The van der Waals surface area contributed by atoms with E-state index in [9.17, 15) is 0 Å². The van der Waals surface area contributed by atoms with E-state index in [4.69, 9.17) is 0 Å². The Labute approximate surface area is 112 Å². The maximum Gasteiger partial charge on any atom is 0.0628 e. The lowest BCUT2D eigenvalue weighted by Gasteiger charge is -2.25. The van der Waals surface area contributed by atoms with Crippen LogP contribution in [0.4, 0.5) is 0 Å². The largest absolute Gasteiger partial charge is 0.314 e. The molecule has 0 radical (unpaired) electrons. The van der Waals surface area contributed by atoms with Crippen molar-refractivity contribution in [2.75, 3.05) is 6.54 Å². The van der Waals surface area contributed by atoms with Crippen molar-refractivity contribution in [1.82, 2.24) is 15.1 Å². The molecule has 0 saturated carbocycles. The van der Waals surface area contributed by atoms with Crippen molar-refractivity contribution < 1.29 is 0 Å². The number of aromatic nitrogens is 2. The van der Waals surface area contributed by atoms with Gasteiger partial charge in [-0.3, -0.25) is 4.68 Å². The number of nitrogens with one attached hydrogen (secondary N) is 1. The van der Waals surface area contributed by atoms with Crippen LogP contribution < -0.4 is 5.32 Å². The van der Waals surface area contributed by atoms with Crippen LogP contribution in [0.2, 0.25) is 0 Å². The molecule has 0 spiro atoms. The third kappa shape index (κ3) is 3.58. The van der Waals surface area contributed by atoms with Gasteiger partial charge in [0, 0.05) is 18.8 Å². The van der Waals surface area contributed by atoms with E-state index in [2.05, 4.69) is 45.0 Å². The number of likely N-dealkylation sites (N-methyl/N-ethyl adjacent to an activating group) is 1. The van der Waals surface area contributed by atoms with Crippen molar-refractivity contribution in [2.45, 2.75) is 59.9 Å². The van der Waals surface area contributed by atoms with Crippen molar-refractivity contribution in [3.63, 3.8) is 0 Å². The molecule has 0 aliphatic heterocycles. The van der Waals surface area contributed by atoms with Crippen LogP contribution in [-0.2, 0) is 13.5 Å². The molecular formula is C15H29N3. The van der Waals surface area contributed by atoms with E-state index in [0.717, 1.165) is 13.0 Å². The molecule has 0 aliphatic carbocycles. The summed E-state index contributed by atoms with van der Waals surface area (Å²) in [4.78, 5) is 0. The first-order chi connectivity index (χ1) is 8.51. The maximum atomic E-state index is 4.52. The van der Waals surface area contributed by atoms with Gasteiger partial charge in [-0.2, -0.15) is 5.10 Å². The lowest BCUT2D eigenvalue weighted by Crippen LogP contribution is -2.37. The molecule has 2 unspecified atom stereocenters. The van der Waals surface area contributed by atoms with Crippen LogP contribution in [0.3, 0.4) is 0 Å². The van der Waals surface area contributed by atoms with E-state index in [0.29, 0.717) is 12.0 Å². The second-order valence-corrected chi connectivity index (χ2v) is 5.41. The Morgan fingerprint density at radius 3 is 2.39 bits per heavy atom. The molecule has 0 bridgehead atoms. The van der Waals surface area contributed by atoms with Crippen molar-refractivity contribution in [2.24, 2.45) is 13.0 Å². The van der Waals surface area contributed by atoms with Crippen LogP contribution in [0.25, 0.3) is 0 Å². The van der Waals surface area contributed by atoms with Crippen LogP contribution in [0.5, 0.6) is 0 Å². The minimum atomic E-state index is 0.566. The van der Waals surface area contributed by atoms with Crippen molar-refractivity contribution in [3.05, 3.63) is 17.0 Å². The average Bonchev–Trinajstić information content (AvgIpc) is 2.55. The molecule has 18 heavy (non-hydrogen) atoms. The Bertz CT molecular complexity index is 368. The van der Waals surface area contributed by atoms with Gasteiger partial charge in [0.25, 0.3) is 0 Å². The molecule has 0 aromatic carbocycles. The van der Waals surface area contributed by atoms with Gasteiger partial charge in [-0.15, -0.1) is 0 Å². The van der Waals surface area contributed by atoms with Gasteiger partial charge in [-0.1, -0.05) is 27.2 Å². The predicted octanol–water partition coefficient (Wildman–Crippen LogP) is 2.99. The van der Waals surface area contributed by atoms with Crippen molar-refractivity contribution in [1.29, 1.82) is 0 Å². The molecule has 104 valence electrons. The number of hydrogen-bond acceptors (Lipinski definition) is 2. The zero-order valence-corrected chi connectivity index (χ0v) is 12.9. The Morgan fingerprint density at radius 2 is 1.94 bits per heavy atom. The molecule has 1 rings (SSSR count). The molecule has 1 aromatic rings. The molecule has 1 N–H and O–H groups in total. The van der Waals surface area contributed by atoms with Crippen LogP contribution in [-0.4, -0.2) is 22.4 Å². The van der Waals surface area contributed by atoms with Crippen molar-refractivity contribution in [3.8, 4) is 0 Å². The molecule has 1 aromatic heterocycles. The van der Waals surface area contributed by atoms with Gasteiger partial charge in [-0.05, 0) is 44.7 Å². The van der Waals surface area contributed by atoms with E-state index < -0.39 is 0 Å². The standard InChI is InChI=1S/C15H29N3/c1-7-9-11(3)15(16-8-2)10-14-12(4)17-18(6)13(14)5/h11,15-16H,7-10H2,1-6H3. The van der Waals surface area contributed by atoms with Gasteiger partial charge in [0.1, 0.15) is 0 Å². The first-order valence-corrected chi connectivity index (χ1v) is 7.23. The fraction of sp³-hybridized carbons (Fsp3) is 0.800. The second kappa shape index (κ2) is 6.93. The molecule has 0 fully saturated rings. The second-order valence-electron chi connectivity index (χ2n) is 5.41. The SMILES string of the molecule is CCCC(C)C(Cc1c(C)nn(C)c1C)NCC. The minimum Gasteiger partial charge on any atom is -0.314 e. The van der Waals surface area contributed by atoms with Crippen LogP contribution in [0.15, 0.2) is 0 Å². The van der Waals surface area contributed by atoms with Gasteiger partial charge in [0.15, 0.2) is 0 Å². The van der Waals surface area contributed by atoms with Gasteiger partial charge < -0.3 is 5.32 Å². The monoisotopic (exact) mass is 251 g/mol. The zero-order chi connectivity index (χ0) is 13.7. The summed E-state index contributed by atoms with van der Waals surface area (Å²) in [5.41, 5.74) is 3.91. The predicted molar refractivity (Wildman–Crippen MR) is 77.9 cm³/mol. The summed E-state index contributed by atoms with van der Waals surface area (Å²) in [5.74, 6) is 0.717. The topological polar surface area (TPSA) is 29.9 Å². The Kier molecular flexibility index (Phi) is 5.86. The molecule has 0 amide bonds. The van der Waals surface area contributed by atoms with Gasteiger partial charge in [0.05, 0.1) is 5.69 Å². The van der Waals surface area contributed by atoms with Crippen LogP contribution in [0, 0.1) is 19.8 Å². The quantitative estimate of drug-likeness (QED) is 0.807. The minimum absolute atomic E-state index is 0.566. The van der Waals surface area contributed by atoms with Gasteiger partial charge >= 0.3 is 0 Å². The van der Waals surface area contributed by atoms with E-state index in [-0.39, 0.29) is 0 Å². The van der Waals surface area contributed by atoms with E-state index in [1.165, 1.54) is 29.8 Å². The molecule has 3 nitrogen and oxygen atoms in total. The normalized spacial score (nSPS) is 14.8.